The third kappa shape index (κ3) is 3.78. The number of nitrogens with two attached hydrogens (primary N) is 2. The van der Waals surface area contributed by atoms with Crippen LogP contribution in [0.4, 0.5) is 5.69 Å². The Morgan fingerprint density at radius 2 is 2.17 bits per heavy atom. The first-order valence-corrected chi connectivity index (χ1v) is 5.87. The Morgan fingerprint density at radius 1 is 1.56 bits per heavy atom. The van der Waals surface area contributed by atoms with Crippen LogP contribution in [0.25, 0.3) is 0 Å². The monoisotopic (exact) mass is 382 g/mol. The maximum absolute atomic E-state index is 10.9. The molecular formula is C10H12ClIN4O2. The number of hydrogen-bond acceptors (Lipinski definition) is 5. The number of halogens is 2. The molecule has 1 aromatic rings. The third-order valence-corrected chi connectivity index (χ3v) is 3.40. The Labute approximate surface area is 124 Å². The van der Waals surface area contributed by atoms with Crippen molar-refractivity contribution in [2.75, 3.05) is 6.54 Å². The molecule has 0 aromatic heterocycles. The minimum Gasteiger partial charge on any atom is -0.330 e. The van der Waals surface area contributed by atoms with Gasteiger partial charge < -0.3 is 11.5 Å². The fourth-order valence-corrected chi connectivity index (χ4v) is 2.22. The maximum atomic E-state index is 10.9. The standard InChI is InChI=1S/C10H11IN4O2.ClH/c11-10(14,3-4-12)8-2-1-7(6-13)5-9(8)15(16)17;/h1-2,5H,3-4,12,14H2;1H. The second-order valence-corrected chi connectivity index (χ2v) is 5.43. The van der Waals surface area contributed by atoms with Crippen molar-refractivity contribution in [1.82, 2.24) is 0 Å². The molecule has 1 rings (SSSR count). The lowest BCUT2D eigenvalue weighted by molar-refractivity contribution is -0.385. The maximum Gasteiger partial charge on any atom is 0.276 e. The van der Waals surface area contributed by atoms with Crippen molar-refractivity contribution < 1.29 is 4.92 Å². The van der Waals surface area contributed by atoms with Crippen molar-refractivity contribution in [3.63, 3.8) is 0 Å². The highest BCUT2D eigenvalue weighted by molar-refractivity contribution is 14.1. The van der Waals surface area contributed by atoms with Gasteiger partial charge in [0, 0.05) is 6.07 Å². The van der Waals surface area contributed by atoms with Crippen LogP contribution in [-0.4, -0.2) is 11.5 Å². The predicted octanol–water partition coefficient (Wildman–Crippen LogP) is 1.78. The fourth-order valence-electron chi connectivity index (χ4n) is 1.45. The predicted molar refractivity (Wildman–Crippen MR) is 78.6 cm³/mol. The normalized spacial score (nSPS) is 13.0. The van der Waals surface area contributed by atoms with E-state index in [0.717, 1.165) is 0 Å². The molecule has 0 amide bonds. The molecule has 0 aliphatic carbocycles. The van der Waals surface area contributed by atoms with Crippen LogP contribution in [0.1, 0.15) is 17.5 Å². The highest BCUT2D eigenvalue weighted by Crippen LogP contribution is 2.36. The van der Waals surface area contributed by atoms with E-state index >= 15 is 0 Å². The van der Waals surface area contributed by atoms with Gasteiger partial charge in [-0.2, -0.15) is 5.26 Å². The van der Waals surface area contributed by atoms with Crippen molar-refractivity contribution in [1.29, 1.82) is 5.26 Å². The van der Waals surface area contributed by atoms with E-state index in [1.54, 1.807) is 0 Å². The summed E-state index contributed by atoms with van der Waals surface area (Å²) in [4.78, 5) is 10.4. The van der Waals surface area contributed by atoms with Crippen LogP contribution in [0.5, 0.6) is 0 Å². The van der Waals surface area contributed by atoms with Crippen molar-refractivity contribution in [3.8, 4) is 6.07 Å². The molecule has 98 valence electrons. The Balaban J connectivity index is 0.00000289. The van der Waals surface area contributed by atoms with E-state index in [0.29, 0.717) is 18.5 Å². The van der Waals surface area contributed by atoms with Crippen LogP contribution < -0.4 is 11.5 Å². The lowest BCUT2D eigenvalue weighted by Crippen LogP contribution is -2.32. The van der Waals surface area contributed by atoms with E-state index in [4.69, 9.17) is 16.7 Å². The van der Waals surface area contributed by atoms with Crippen LogP contribution >= 0.6 is 35.0 Å². The molecule has 0 aliphatic rings. The molecule has 6 nitrogen and oxygen atoms in total. The number of rotatable bonds is 4. The molecule has 0 radical (unpaired) electrons. The van der Waals surface area contributed by atoms with Crippen LogP contribution in [0.3, 0.4) is 0 Å². The van der Waals surface area contributed by atoms with Crippen LogP contribution in [0, 0.1) is 21.4 Å². The summed E-state index contributed by atoms with van der Waals surface area (Å²) in [6.45, 7) is 0.330. The quantitative estimate of drug-likeness (QED) is 0.270. The summed E-state index contributed by atoms with van der Waals surface area (Å²) in [5.41, 5.74) is 11.9. The molecule has 1 aromatic carbocycles. The molecule has 0 spiro atoms. The van der Waals surface area contributed by atoms with Gasteiger partial charge >= 0.3 is 0 Å². The van der Waals surface area contributed by atoms with Gasteiger partial charge in [-0.25, -0.2) is 0 Å². The van der Waals surface area contributed by atoms with Gasteiger partial charge in [0.15, 0.2) is 0 Å². The van der Waals surface area contributed by atoms with Crippen molar-refractivity contribution in [2.24, 2.45) is 11.5 Å². The van der Waals surface area contributed by atoms with E-state index < -0.39 is 8.47 Å². The van der Waals surface area contributed by atoms with Crippen molar-refractivity contribution >= 4 is 40.7 Å². The number of nitro benzene ring substituents is 1. The molecule has 0 saturated carbocycles. The lowest BCUT2D eigenvalue weighted by Gasteiger charge is -2.22. The van der Waals surface area contributed by atoms with Crippen LogP contribution in [0.2, 0.25) is 0 Å². The highest BCUT2D eigenvalue weighted by atomic mass is 127. The summed E-state index contributed by atoms with van der Waals surface area (Å²) in [5, 5.41) is 19.7. The molecule has 0 heterocycles. The first-order valence-electron chi connectivity index (χ1n) is 4.79. The molecule has 18 heavy (non-hydrogen) atoms. The molecule has 0 aliphatic heterocycles. The highest BCUT2D eigenvalue weighted by Gasteiger charge is 2.30. The zero-order valence-corrected chi connectivity index (χ0v) is 12.3. The number of benzene rings is 1. The van der Waals surface area contributed by atoms with Gasteiger partial charge in [0.1, 0.15) is 3.55 Å². The zero-order chi connectivity index (χ0) is 13.1. The van der Waals surface area contributed by atoms with E-state index in [1.165, 1.54) is 18.2 Å². The van der Waals surface area contributed by atoms with Gasteiger partial charge in [-0.3, -0.25) is 10.1 Å². The Morgan fingerprint density at radius 3 is 2.61 bits per heavy atom. The average Bonchev–Trinajstić information content (AvgIpc) is 2.28. The smallest absolute Gasteiger partial charge is 0.276 e. The van der Waals surface area contributed by atoms with E-state index in [-0.39, 0.29) is 23.7 Å². The first-order chi connectivity index (χ1) is 7.92. The summed E-state index contributed by atoms with van der Waals surface area (Å²) in [5.74, 6) is 0. The van der Waals surface area contributed by atoms with E-state index in [2.05, 4.69) is 0 Å². The van der Waals surface area contributed by atoms with Crippen molar-refractivity contribution in [2.45, 2.75) is 9.97 Å². The molecule has 1 unspecified atom stereocenters. The first kappa shape index (κ1) is 17.1. The minimum atomic E-state index is -0.900. The second kappa shape index (κ2) is 6.84. The SMILES string of the molecule is Cl.N#Cc1ccc(C(N)(I)CCN)c([N+](=O)[O-])c1. The van der Waals surface area contributed by atoms with Crippen molar-refractivity contribution in [3.05, 3.63) is 39.4 Å². The summed E-state index contributed by atoms with van der Waals surface area (Å²) in [7, 11) is 0. The second-order valence-electron chi connectivity index (χ2n) is 3.50. The molecule has 0 fully saturated rings. The lowest BCUT2D eigenvalue weighted by atomic mass is 10.0. The number of nitro groups is 1. The molecule has 1 atom stereocenters. The van der Waals surface area contributed by atoms with Gasteiger partial charge in [0.2, 0.25) is 0 Å². The minimum absolute atomic E-state index is 0. The largest absolute Gasteiger partial charge is 0.330 e. The topological polar surface area (TPSA) is 119 Å². The average molecular weight is 383 g/mol. The molecule has 0 saturated heterocycles. The molecular weight excluding hydrogens is 370 g/mol. The van der Waals surface area contributed by atoms with E-state index in [9.17, 15) is 10.1 Å². The summed E-state index contributed by atoms with van der Waals surface area (Å²) in [6.07, 6.45) is 0.417. The van der Waals surface area contributed by atoms with E-state index in [1.807, 2.05) is 28.7 Å². The summed E-state index contributed by atoms with van der Waals surface area (Å²) < 4.78 is -0.900. The molecule has 0 bridgehead atoms. The molecule has 4 N–H and O–H groups in total. The third-order valence-electron chi connectivity index (χ3n) is 2.28. The number of nitriles is 1. The van der Waals surface area contributed by atoms with Gasteiger partial charge in [-0.1, -0.05) is 22.6 Å². The van der Waals surface area contributed by atoms with Gasteiger partial charge in [-0.15, -0.1) is 12.4 Å². The Hall–Kier alpha value is -0.950. The van der Waals surface area contributed by atoms with Crippen LogP contribution in [-0.2, 0) is 3.55 Å². The number of alkyl halides is 1. The van der Waals surface area contributed by atoms with Gasteiger partial charge in [-0.05, 0) is 25.1 Å². The van der Waals surface area contributed by atoms with Gasteiger partial charge in [0.05, 0.1) is 22.1 Å². The fraction of sp³-hybridized carbons (Fsp3) is 0.300. The van der Waals surface area contributed by atoms with Gasteiger partial charge in [0.25, 0.3) is 5.69 Å². The van der Waals surface area contributed by atoms with Crippen LogP contribution in [0.15, 0.2) is 18.2 Å². The Bertz CT molecular complexity index is 487. The molecule has 8 heteroatoms. The number of nitrogens with zero attached hydrogens (tertiary/aromatic N) is 2. The number of hydrogen-bond donors (Lipinski definition) is 2. The summed E-state index contributed by atoms with van der Waals surface area (Å²) >= 11 is 1.93. The summed E-state index contributed by atoms with van der Waals surface area (Å²) in [6, 6.07) is 6.11. The Kier molecular flexibility index (Phi) is 6.48. The zero-order valence-electron chi connectivity index (χ0n) is 9.30.